The first-order valence-corrected chi connectivity index (χ1v) is 7.21. The van der Waals surface area contributed by atoms with E-state index < -0.39 is 0 Å². The molecule has 0 aliphatic carbocycles. The molecule has 2 aromatic rings. The van der Waals surface area contributed by atoms with Crippen LogP contribution in [0.4, 0.5) is 0 Å². The second-order valence-electron chi connectivity index (χ2n) is 6.02. The number of carbonyl (C=O) groups is 1. The lowest BCUT2D eigenvalue weighted by atomic mass is 9.90. The fraction of sp³-hybridized carbons (Fsp3) is 0.375. The van der Waals surface area contributed by atoms with Gasteiger partial charge >= 0.3 is 0 Å². The van der Waals surface area contributed by atoms with Crippen molar-refractivity contribution in [2.24, 2.45) is 11.1 Å². The summed E-state index contributed by atoms with van der Waals surface area (Å²) in [6, 6.07) is 11.6. The maximum Gasteiger partial charge on any atom is 0.271 e. The molecule has 22 heavy (non-hydrogen) atoms. The lowest BCUT2D eigenvalue weighted by Crippen LogP contribution is -2.34. The summed E-state index contributed by atoms with van der Waals surface area (Å²) < 4.78 is 0. The molecule has 3 N–H and O–H groups in total. The van der Waals surface area contributed by atoms with Crippen LogP contribution in [0.25, 0.3) is 11.3 Å². The first kappa shape index (κ1) is 16.5. The minimum absolute atomic E-state index is 0. The highest BCUT2D eigenvalue weighted by molar-refractivity contribution is 5.93. The van der Waals surface area contributed by atoms with Crippen molar-refractivity contribution in [1.82, 2.24) is 15.1 Å². The average molecular weight is 321 g/mol. The van der Waals surface area contributed by atoms with Gasteiger partial charge in [-0.15, -0.1) is 12.4 Å². The van der Waals surface area contributed by atoms with E-state index in [1.807, 2.05) is 41.3 Å². The predicted molar refractivity (Wildman–Crippen MR) is 89.0 cm³/mol. The third-order valence-electron chi connectivity index (χ3n) is 4.22. The van der Waals surface area contributed by atoms with E-state index in [1.54, 1.807) is 0 Å². The number of hydrogen-bond acceptors (Lipinski definition) is 3. The number of nitrogens with two attached hydrogens (primary N) is 1. The van der Waals surface area contributed by atoms with Gasteiger partial charge in [0.25, 0.3) is 5.91 Å². The zero-order valence-electron chi connectivity index (χ0n) is 12.6. The van der Waals surface area contributed by atoms with Gasteiger partial charge in [-0.25, -0.2) is 0 Å². The molecule has 1 aromatic carbocycles. The molecule has 0 spiro atoms. The summed E-state index contributed by atoms with van der Waals surface area (Å²) in [5.74, 6) is 0.00172. The van der Waals surface area contributed by atoms with Gasteiger partial charge in [-0.2, -0.15) is 5.10 Å². The fourth-order valence-corrected chi connectivity index (χ4v) is 2.72. The van der Waals surface area contributed by atoms with Gasteiger partial charge in [-0.3, -0.25) is 9.89 Å². The van der Waals surface area contributed by atoms with Crippen molar-refractivity contribution in [2.75, 3.05) is 19.6 Å². The maximum absolute atomic E-state index is 12.5. The number of rotatable bonds is 3. The molecular formula is C16H21ClN4O. The average Bonchev–Trinajstić information content (AvgIpc) is 3.15. The van der Waals surface area contributed by atoms with Crippen LogP contribution in [0.1, 0.15) is 23.8 Å². The molecule has 1 unspecified atom stereocenters. The van der Waals surface area contributed by atoms with E-state index >= 15 is 0 Å². The molecule has 2 heterocycles. The first-order valence-electron chi connectivity index (χ1n) is 7.21. The molecular weight excluding hydrogens is 300 g/mol. The van der Waals surface area contributed by atoms with E-state index in [2.05, 4.69) is 17.1 Å². The molecule has 118 valence electrons. The third kappa shape index (κ3) is 3.15. The standard InChI is InChI=1S/C16H20N4O.ClH/c1-16(10-17)7-8-20(11-16)15(21)14-9-13(18-19-14)12-5-3-2-4-6-12;/h2-6,9H,7-8,10-11,17H2,1H3,(H,18,19);1H. The Morgan fingerprint density at radius 1 is 1.41 bits per heavy atom. The van der Waals surface area contributed by atoms with Crippen molar-refractivity contribution in [3.63, 3.8) is 0 Å². The minimum Gasteiger partial charge on any atom is -0.337 e. The van der Waals surface area contributed by atoms with Crippen molar-refractivity contribution in [3.05, 3.63) is 42.1 Å². The SMILES string of the molecule is CC1(CN)CCN(C(=O)c2cc(-c3ccccc3)n[nH]2)C1.Cl. The van der Waals surface area contributed by atoms with Gasteiger partial charge in [0.05, 0.1) is 5.69 Å². The smallest absolute Gasteiger partial charge is 0.271 e. The van der Waals surface area contributed by atoms with E-state index in [9.17, 15) is 4.79 Å². The third-order valence-corrected chi connectivity index (χ3v) is 4.22. The van der Waals surface area contributed by atoms with E-state index in [0.29, 0.717) is 18.8 Å². The van der Waals surface area contributed by atoms with Crippen molar-refractivity contribution in [1.29, 1.82) is 0 Å². The van der Waals surface area contributed by atoms with Gasteiger partial charge in [0.2, 0.25) is 0 Å². The first-order chi connectivity index (χ1) is 10.1. The zero-order valence-corrected chi connectivity index (χ0v) is 13.4. The highest BCUT2D eigenvalue weighted by Gasteiger charge is 2.35. The Kier molecular flexibility index (Phi) is 4.88. The minimum atomic E-state index is 0. The van der Waals surface area contributed by atoms with Gasteiger partial charge in [-0.1, -0.05) is 37.3 Å². The Balaban J connectivity index is 0.00000176. The molecule has 1 aliphatic heterocycles. The summed E-state index contributed by atoms with van der Waals surface area (Å²) in [4.78, 5) is 14.4. The van der Waals surface area contributed by atoms with Gasteiger partial charge in [0.15, 0.2) is 0 Å². The summed E-state index contributed by atoms with van der Waals surface area (Å²) >= 11 is 0. The summed E-state index contributed by atoms with van der Waals surface area (Å²) in [5, 5.41) is 7.09. The summed E-state index contributed by atoms with van der Waals surface area (Å²) in [6.45, 7) is 4.20. The summed E-state index contributed by atoms with van der Waals surface area (Å²) in [5.41, 5.74) is 8.16. The summed E-state index contributed by atoms with van der Waals surface area (Å²) in [7, 11) is 0. The van der Waals surface area contributed by atoms with Crippen LogP contribution in [0.3, 0.4) is 0 Å². The van der Waals surface area contributed by atoms with Crippen LogP contribution in [0, 0.1) is 5.41 Å². The van der Waals surface area contributed by atoms with Crippen molar-refractivity contribution >= 4 is 18.3 Å². The highest BCUT2D eigenvalue weighted by atomic mass is 35.5. The monoisotopic (exact) mass is 320 g/mol. The highest BCUT2D eigenvalue weighted by Crippen LogP contribution is 2.29. The number of carbonyl (C=O) groups excluding carboxylic acids is 1. The molecule has 3 rings (SSSR count). The van der Waals surface area contributed by atoms with Gasteiger partial charge in [0, 0.05) is 18.7 Å². The molecule has 1 fully saturated rings. The number of nitrogens with one attached hydrogen (secondary N) is 1. The van der Waals surface area contributed by atoms with Gasteiger partial charge in [-0.05, 0) is 24.4 Å². The lowest BCUT2D eigenvalue weighted by molar-refractivity contribution is 0.0771. The van der Waals surface area contributed by atoms with Crippen molar-refractivity contribution in [2.45, 2.75) is 13.3 Å². The Labute approximate surface area is 136 Å². The lowest BCUT2D eigenvalue weighted by Gasteiger charge is -2.22. The Morgan fingerprint density at radius 3 is 2.77 bits per heavy atom. The topological polar surface area (TPSA) is 75.0 Å². The van der Waals surface area contributed by atoms with Gasteiger partial charge in [0.1, 0.15) is 5.69 Å². The maximum atomic E-state index is 12.5. The number of likely N-dealkylation sites (tertiary alicyclic amines) is 1. The molecule has 1 amide bonds. The Morgan fingerprint density at radius 2 is 2.14 bits per heavy atom. The van der Waals surface area contributed by atoms with Crippen LogP contribution in [-0.4, -0.2) is 40.6 Å². The number of aromatic nitrogens is 2. The van der Waals surface area contributed by atoms with Crippen LogP contribution in [0.5, 0.6) is 0 Å². The second kappa shape index (κ2) is 6.50. The molecule has 1 atom stereocenters. The van der Waals surface area contributed by atoms with Crippen LogP contribution in [-0.2, 0) is 0 Å². The van der Waals surface area contributed by atoms with Crippen molar-refractivity contribution in [3.8, 4) is 11.3 Å². The number of benzene rings is 1. The molecule has 1 saturated heterocycles. The summed E-state index contributed by atoms with van der Waals surface area (Å²) in [6.07, 6.45) is 0.953. The predicted octanol–water partition coefficient (Wildman–Crippen LogP) is 2.31. The van der Waals surface area contributed by atoms with Crippen LogP contribution >= 0.6 is 12.4 Å². The molecule has 1 aromatic heterocycles. The molecule has 6 heteroatoms. The number of hydrogen-bond donors (Lipinski definition) is 2. The van der Waals surface area contributed by atoms with E-state index in [0.717, 1.165) is 24.2 Å². The second-order valence-corrected chi connectivity index (χ2v) is 6.02. The molecule has 1 aliphatic rings. The fourth-order valence-electron chi connectivity index (χ4n) is 2.72. The largest absolute Gasteiger partial charge is 0.337 e. The van der Waals surface area contributed by atoms with Crippen LogP contribution in [0.2, 0.25) is 0 Å². The number of nitrogens with zero attached hydrogens (tertiary/aromatic N) is 2. The number of H-pyrrole nitrogens is 1. The Hall–Kier alpha value is -1.85. The molecule has 5 nitrogen and oxygen atoms in total. The van der Waals surface area contributed by atoms with Crippen molar-refractivity contribution < 1.29 is 4.79 Å². The van der Waals surface area contributed by atoms with E-state index in [1.165, 1.54) is 0 Å². The number of aromatic amines is 1. The number of halogens is 1. The quantitative estimate of drug-likeness (QED) is 0.911. The molecule has 0 saturated carbocycles. The van der Waals surface area contributed by atoms with Gasteiger partial charge < -0.3 is 10.6 Å². The normalized spacial score (nSPS) is 20.7. The molecule has 0 bridgehead atoms. The van der Waals surface area contributed by atoms with Crippen LogP contribution < -0.4 is 5.73 Å². The number of amides is 1. The molecule has 0 radical (unpaired) electrons. The zero-order chi connectivity index (χ0) is 14.9. The van der Waals surface area contributed by atoms with E-state index in [4.69, 9.17) is 5.73 Å². The van der Waals surface area contributed by atoms with E-state index in [-0.39, 0.29) is 23.7 Å². The Bertz CT molecular complexity index is 643. The van der Waals surface area contributed by atoms with Crippen LogP contribution in [0.15, 0.2) is 36.4 Å².